The highest BCUT2D eigenvalue weighted by atomic mass is 35.5. The van der Waals surface area contributed by atoms with Gasteiger partial charge in [-0.25, -0.2) is 0 Å². The van der Waals surface area contributed by atoms with Crippen LogP contribution in [0.25, 0.3) is 0 Å². The number of nitrogens with one attached hydrogen (secondary N) is 1. The maximum absolute atomic E-state index is 12.1. The number of carbonyl (C=O) groups excluding carboxylic acids is 1. The van der Waals surface area contributed by atoms with E-state index in [0.717, 1.165) is 36.5 Å². The zero-order valence-corrected chi connectivity index (χ0v) is 13.1. The molecular formula is C17H23ClN2O. The largest absolute Gasteiger partial charge is 0.354 e. The molecule has 4 heteroatoms. The van der Waals surface area contributed by atoms with Crippen LogP contribution in [0.4, 0.5) is 0 Å². The molecule has 0 radical (unpaired) electrons. The number of nitrogens with zero attached hydrogens (tertiary/aromatic N) is 1. The Labute approximate surface area is 131 Å². The Morgan fingerprint density at radius 2 is 1.95 bits per heavy atom. The van der Waals surface area contributed by atoms with E-state index in [4.69, 9.17) is 11.6 Å². The van der Waals surface area contributed by atoms with E-state index in [2.05, 4.69) is 16.3 Å². The molecule has 1 aliphatic carbocycles. The highest BCUT2D eigenvalue weighted by molar-refractivity contribution is 6.31. The first-order valence-corrected chi connectivity index (χ1v) is 8.39. The maximum Gasteiger partial charge on any atom is 0.223 e. The summed E-state index contributed by atoms with van der Waals surface area (Å²) < 4.78 is 0. The number of carbonyl (C=O) groups is 1. The molecular weight excluding hydrogens is 284 g/mol. The van der Waals surface area contributed by atoms with Crippen molar-refractivity contribution >= 4 is 17.5 Å². The third-order valence-corrected chi connectivity index (χ3v) is 5.14. The highest BCUT2D eigenvalue weighted by Gasteiger charge is 2.28. The SMILES string of the molecule is O=C(NCC(c1ccccc1Cl)N1CCCC1)C1CCC1. The molecule has 1 heterocycles. The smallest absolute Gasteiger partial charge is 0.223 e. The monoisotopic (exact) mass is 306 g/mol. The van der Waals surface area contributed by atoms with Gasteiger partial charge in [0.25, 0.3) is 0 Å². The zero-order chi connectivity index (χ0) is 14.7. The van der Waals surface area contributed by atoms with E-state index in [9.17, 15) is 4.79 Å². The second-order valence-corrected chi connectivity index (χ2v) is 6.56. The molecule has 2 aliphatic rings. The number of benzene rings is 1. The van der Waals surface area contributed by atoms with Gasteiger partial charge in [0.1, 0.15) is 0 Å². The van der Waals surface area contributed by atoms with Crippen LogP contribution in [0, 0.1) is 5.92 Å². The van der Waals surface area contributed by atoms with Crippen molar-refractivity contribution in [3.63, 3.8) is 0 Å². The number of amides is 1. The first kappa shape index (κ1) is 14.9. The van der Waals surface area contributed by atoms with Gasteiger partial charge < -0.3 is 5.32 Å². The van der Waals surface area contributed by atoms with Gasteiger partial charge in [0.2, 0.25) is 5.91 Å². The molecule has 1 aromatic carbocycles. The van der Waals surface area contributed by atoms with Crippen molar-refractivity contribution in [2.75, 3.05) is 19.6 Å². The predicted octanol–water partition coefficient (Wildman–Crippen LogP) is 3.39. The Kier molecular flexibility index (Phi) is 4.81. The summed E-state index contributed by atoms with van der Waals surface area (Å²) in [5.41, 5.74) is 1.13. The van der Waals surface area contributed by atoms with Crippen LogP contribution in [0.15, 0.2) is 24.3 Å². The zero-order valence-electron chi connectivity index (χ0n) is 12.4. The second kappa shape index (κ2) is 6.80. The van der Waals surface area contributed by atoms with E-state index in [0.29, 0.717) is 6.54 Å². The summed E-state index contributed by atoms with van der Waals surface area (Å²) in [6.07, 6.45) is 5.76. The summed E-state index contributed by atoms with van der Waals surface area (Å²) in [4.78, 5) is 14.5. The van der Waals surface area contributed by atoms with Crippen LogP contribution in [0.3, 0.4) is 0 Å². The molecule has 1 amide bonds. The Morgan fingerprint density at radius 3 is 2.57 bits per heavy atom. The Bertz CT molecular complexity index is 495. The molecule has 1 saturated carbocycles. The third kappa shape index (κ3) is 3.41. The molecule has 1 N–H and O–H groups in total. The molecule has 1 unspecified atom stereocenters. The normalized spacial score (nSPS) is 21.0. The summed E-state index contributed by atoms with van der Waals surface area (Å²) >= 11 is 6.37. The Balaban J connectivity index is 1.70. The van der Waals surface area contributed by atoms with Crippen molar-refractivity contribution in [1.82, 2.24) is 10.2 Å². The molecule has 0 aromatic heterocycles. The van der Waals surface area contributed by atoms with Crippen LogP contribution in [0.5, 0.6) is 0 Å². The van der Waals surface area contributed by atoms with Crippen LogP contribution in [-0.4, -0.2) is 30.4 Å². The molecule has 114 valence electrons. The average Bonchev–Trinajstić information content (AvgIpc) is 2.93. The fourth-order valence-electron chi connectivity index (χ4n) is 3.25. The van der Waals surface area contributed by atoms with Crippen molar-refractivity contribution in [3.05, 3.63) is 34.9 Å². The lowest BCUT2D eigenvalue weighted by atomic mass is 9.85. The van der Waals surface area contributed by atoms with E-state index in [1.807, 2.05) is 18.2 Å². The lowest BCUT2D eigenvalue weighted by Gasteiger charge is -2.30. The summed E-state index contributed by atoms with van der Waals surface area (Å²) in [5, 5.41) is 3.95. The maximum atomic E-state index is 12.1. The van der Waals surface area contributed by atoms with Gasteiger partial charge in [-0.3, -0.25) is 9.69 Å². The van der Waals surface area contributed by atoms with Gasteiger partial charge in [-0.1, -0.05) is 36.2 Å². The minimum atomic E-state index is 0.199. The number of halogens is 1. The van der Waals surface area contributed by atoms with Gasteiger partial charge in [-0.15, -0.1) is 0 Å². The predicted molar refractivity (Wildman–Crippen MR) is 85.4 cm³/mol. The molecule has 0 bridgehead atoms. The van der Waals surface area contributed by atoms with E-state index in [-0.39, 0.29) is 17.9 Å². The lowest BCUT2D eigenvalue weighted by Crippen LogP contribution is -2.40. The quantitative estimate of drug-likeness (QED) is 0.904. The van der Waals surface area contributed by atoms with Crippen molar-refractivity contribution in [2.24, 2.45) is 5.92 Å². The van der Waals surface area contributed by atoms with Gasteiger partial charge in [0.05, 0.1) is 6.04 Å². The summed E-state index contributed by atoms with van der Waals surface area (Å²) in [6.45, 7) is 2.85. The molecule has 1 atom stereocenters. The van der Waals surface area contributed by atoms with Gasteiger partial charge in [0.15, 0.2) is 0 Å². The van der Waals surface area contributed by atoms with E-state index in [1.54, 1.807) is 0 Å². The van der Waals surface area contributed by atoms with Gasteiger partial charge >= 0.3 is 0 Å². The Morgan fingerprint density at radius 1 is 1.24 bits per heavy atom. The molecule has 0 spiro atoms. The van der Waals surface area contributed by atoms with Crippen LogP contribution in [0.2, 0.25) is 5.02 Å². The standard InChI is InChI=1S/C17H23ClN2O/c18-15-9-2-1-8-14(15)16(20-10-3-4-11-20)12-19-17(21)13-6-5-7-13/h1-2,8-9,13,16H,3-7,10-12H2,(H,19,21). The van der Waals surface area contributed by atoms with Crippen LogP contribution in [0.1, 0.15) is 43.7 Å². The average molecular weight is 307 g/mol. The van der Waals surface area contributed by atoms with Crippen LogP contribution >= 0.6 is 11.6 Å². The molecule has 21 heavy (non-hydrogen) atoms. The Hall–Kier alpha value is -1.06. The molecule has 3 nitrogen and oxygen atoms in total. The molecule has 1 saturated heterocycles. The fourth-order valence-corrected chi connectivity index (χ4v) is 3.51. The van der Waals surface area contributed by atoms with Crippen LogP contribution in [-0.2, 0) is 4.79 Å². The minimum Gasteiger partial charge on any atom is -0.354 e. The summed E-state index contributed by atoms with van der Waals surface area (Å²) in [7, 11) is 0. The number of hydrogen-bond donors (Lipinski definition) is 1. The number of hydrogen-bond acceptors (Lipinski definition) is 2. The molecule has 3 rings (SSSR count). The second-order valence-electron chi connectivity index (χ2n) is 6.15. The van der Waals surface area contributed by atoms with E-state index < -0.39 is 0 Å². The van der Waals surface area contributed by atoms with E-state index in [1.165, 1.54) is 19.3 Å². The van der Waals surface area contributed by atoms with Crippen molar-refractivity contribution in [1.29, 1.82) is 0 Å². The topological polar surface area (TPSA) is 32.3 Å². The van der Waals surface area contributed by atoms with Gasteiger partial charge in [-0.2, -0.15) is 0 Å². The van der Waals surface area contributed by atoms with Crippen LogP contribution < -0.4 is 5.32 Å². The summed E-state index contributed by atoms with van der Waals surface area (Å²) in [6, 6.07) is 8.21. The molecule has 2 fully saturated rings. The fraction of sp³-hybridized carbons (Fsp3) is 0.588. The number of rotatable bonds is 5. The minimum absolute atomic E-state index is 0.199. The molecule has 1 aliphatic heterocycles. The lowest BCUT2D eigenvalue weighted by molar-refractivity contribution is -0.127. The first-order valence-electron chi connectivity index (χ1n) is 8.02. The van der Waals surface area contributed by atoms with E-state index >= 15 is 0 Å². The van der Waals surface area contributed by atoms with Crippen molar-refractivity contribution in [3.8, 4) is 0 Å². The number of likely N-dealkylation sites (tertiary alicyclic amines) is 1. The highest BCUT2D eigenvalue weighted by Crippen LogP contribution is 2.30. The van der Waals surface area contributed by atoms with Crippen molar-refractivity contribution < 1.29 is 4.79 Å². The molecule has 1 aromatic rings. The van der Waals surface area contributed by atoms with Crippen molar-refractivity contribution in [2.45, 2.75) is 38.1 Å². The van der Waals surface area contributed by atoms with Gasteiger partial charge in [0, 0.05) is 17.5 Å². The van der Waals surface area contributed by atoms with Gasteiger partial charge in [-0.05, 0) is 50.4 Å². The summed E-state index contributed by atoms with van der Waals surface area (Å²) in [5.74, 6) is 0.466. The third-order valence-electron chi connectivity index (χ3n) is 4.79. The first-order chi connectivity index (χ1) is 10.3.